The van der Waals surface area contributed by atoms with Crippen molar-refractivity contribution in [3.05, 3.63) is 11.9 Å². The molecule has 0 radical (unpaired) electrons. The summed E-state index contributed by atoms with van der Waals surface area (Å²) in [6, 6.07) is 0.844. The van der Waals surface area contributed by atoms with Gasteiger partial charge in [0.2, 0.25) is 0 Å². The highest BCUT2D eigenvalue weighted by atomic mass is 16.2. The fourth-order valence-corrected chi connectivity index (χ4v) is 3.25. The fraction of sp³-hybridized carbons (Fsp3) is 0.786. The first kappa shape index (κ1) is 13.5. The summed E-state index contributed by atoms with van der Waals surface area (Å²) in [4.78, 5) is 14.4. The van der Waals surface area contributed by atoms with Crippen molar-refractivity contribution in [2.45, 2.75) is 57.2 Å². The molecule has 3 rings (SSSR count). The fourth-order valence-electron chi connectivity index (χ4n) is 3.25. The molecule has 1 aromatic rings. The lowest BCUT2D eigenvalue weighted by atomic mass is 10.2. The van der Waals surface area contributed by atoms with Gasteiger partial charge in [-0.3, -0.25) is 9.48 Å². The van der Waals surface area contributed by atoms with Crippen LogP contribution in [-0.2, 0) is 6.54 Å². The van der Waals surface area contributed by atoms with Crippen LogP contribution in [0.25, 0.3) is 0 Å². The summed E-state index contributed by atoms with van der Waals surface area (Å²) in [7, 11) is 2.14. The number of nitrogens with zero attached hydrogens (tertiary/aromatic N) is 4. The van der Waals surface area contributed by atoms with Gasteiger partial charge in [-0.1, -0.05) is 18.1 Å². The van der Waals surface area contributed by atoms with E-state index in [2.05, 4.69) is 27.6 Å². The van der Waals surface area contributed by atoms with E-state index in [-0.39, 0.29) is 5.91 Å². The third-order valence-electron chi connectivity index (χ3n) is 4.53. The van der Waals surface area contributed by atoms with Crippen molar-refractivity contribution in [1.82, 2.24) is 25.2 Å². The maximum atomic E-state index is 12.1. The molecule has 2 fully saturated rings. The zero-order valence-corrected chi connectivity index (χ0v) is 12.1. The Kier molecular flexibility index (Phi) is 4.00. The summed E-state index contributed by atoms with van der Waals surface area (Å²) in [5.41, 5.74) is 0.442. The quantitative estimate of drug-likeness (QED) is 0.893. The van der Waals surface area contributed by atoms with E-state index >= 15 is 0 Å². The van der Waals surface area contributed by atoms with Gasteiger partial charge in [-0.15, -0.1) is 5.10 Å². The van der Waals surface area contributed by atoms with Crippen LogP contribution in [0.5, 0.6) is 0 Å². The monoisotopic (exact) mass is 277 g/mol. The average molecular weight is 277 g/mol. The molecule has 1 aromatic heterocycles. The van der Waals surface area contributed by atoms with Crippen LogP contribution in [0, 0.1) is 0 Å². The van der Waals surface area contributed by atoms with E-state index in [0.717, 1.165) is 25.9 Å². The number of amides is 1. The second-order valence-electron chi connectivity index (χ2n) is 6.06. The third-order valence-corrected chi connectivity index (χ3v) is 4.53. The molecule has 6 heteroatoms. The van der Waals surface area contributed by atoms with Crippen LogP contribution >= 0.6 is 0 Å². The second kappa shape index (κ2) is 5.91. The van der Waals surface area contributed by atoms with Gasteiger partial charge in [-0.05, 0) is 39.3 Å². The van der Waals surface area contributed by atoms with Crippen molar-refractivity contribution in [1.29, 1.82) is 0 Å². The number of hydrogen-bond acceptors (Lipinski definition) is 4. The van der Waals surface area contributed by atoms with Crippen molar-refractivity contribution in [3.8, 4) is 0 Å². The van der Waals surface area contributed by atoms with Crippen molar-refractivity contribution in [2.24, 2.45) is 0 Å². The number of likely N-dealkylation sites (N-methyl/N-ethyl adjacent to an activating group) is 1. The average Bonchev–Trinajstić information content (AvgIpc) is 3.13. The summed E-state index contributed by atoms with van der Waals surface area (Å²) in [5.74, 6) is -0.0806. The summed E-state index contributed by atoms with van der Waals surface area (Å²) >= 11 is 0. The van der Waals surface area contributed by atoms with Crippen LogP contribution in [0.1, 0.15) is 49.0 Å². The number of carbonyl (C=O) groups is 1. The van der Waals surface area contributed by atoms with Gasteiger partial charge < -0.3 is 10.2 Å². The molecule has 0 bridgehead atoms. The topological polar surface area (TPSA) is 63.1 Å². The van der Waals surface area contributed by atoms with Crippen molar-refractivity contribution in [2.75, 3.05) is 13.6 Å². The lowest BCUT2D eigenvalue weighted by Gasteiger charge is -2.18. The molecule has 1 atom stereocenters. The largest absolute Gasteiger partial charge is 0.348 e. The predicted molar refractivity (Wildman–Crippen MR) is 75.4 cm³/mol. The highest BCUT2D eigenvalue weighted by molar-refractivity contribution is 5.92. The molecule has 6 nitrogen and oxygen atoms in total. The van der Waals surface area contributed by atoms with Crippen molar-refractivity contribution < 1.29 is 4.79 Å². The van der Waals surface area contributed by atoms with E-state index < -0.39 is 0 Å². The van der Waals surface area contributed by atoms with Crippen LogP contribution in [0.15, 0.2) is 6.20 Å². The Bertz CT molecular complexity index is 466. The normalized spacial score (nSPS) is 24.4. The molecule has 0 unspecified atom stereocenters. The number of carbonyl (C=O) groups excluding carboxylic acids is 1. The Morgan fingerprint density at radius 1 is 1.35 bits per heavy atom. The number of nitrogens with one attached hydrogen (secondary N) is 1. The van der Waals surface area contributed by atoms with E-state index in [0.29, 0.717) is 17.8 Å². The minimum absolute atomic E-state index is 0.0806. The standard InChI is InChI=1S/C14H23N5O/c1-18-8-4-7-12(18)9-19-10-13(16-17-19)14(20)15-11-5-2-3-6-11/h10-12H,2-9H2,1H3,(H,15,20)/t12-/m0/s1. The summed E-state index contributed by atoms with van der Waals surface area (Å²) in [5, 5.41) is 11.1. The molecule has 1 N–H and O–H groups in total. The molecule has 20 heavy (non-hydrogen) atoms. The number of aromatic nitrogens is 3. The van der Waals surface area contributed by atoms with E-state index in [1.165, 1.54) is 25.7 Å². The van der Waals surface area contributed by atoms with Crippen LogP contribution in [0.3, 0.4) is 0 Å². The Balaban J connectivity index is 1.56. The van der Waals surface area contributed by atoms with Gasteiger partial charge in [0.15, 0.2) is 5.69 Å². The Hall–Kier alpha value is -1.43. The van der Waals surface area contributed by atoms with Crippen LogP contribution in [-0.4, -0.2) is 51.5 Å². The first-order chi connectivity index (χ1) is 9.72. The molecule has 1 aliphatic carbocycles. The number of likely N-dealkylation sites (tertiary alicyclic amines) is 1. The van der Waals surface area contributed by atoms with Gasteiger partial charge in [0.25, 0.3) is 5.91 Å². The van der Waals surface area contributed by atoms with Gasteiger partial charge in [0, 0.05) is 12.1 Å². The van der Waals surface area contributed by atoms with Gasteiger partial charge in [-0.25, -0.2) is 0 Å². The summed E-state index contributed by atoms with van der Waals surface area (Å²) in [6.07, 6.45) is 8.82. The predicted octanol–water partition coefficient (Wildman–Crippen LogP) is 1.04. The zero-order valence-electron chi connectivity index (χ0n) is 12.1. The highest BCUT2D eigenvalue weighted by Gasteiger charge is 2.23. The first-order valence-electron chi connectivity index (χ1n) is 7.63. The summed E-state index contributed by atoms with van der Waals surface area (Å²) in [6.45, 7) is 1.97. The molecule has 2 heterocycles. The van der Waals surface area contributed by atoms with Gasteiger partial charge >= 0.3 is 0 Å². The third kappa shape index (κ3) is 3.00. The SMILES string of the molecule is CN1CCC[C@H]1Cn1cc(C(=O)NC2CCCC2)nn1. The molecule has 110 valence electrons. The maximum absolute atomic E-state index is 12.1. The number of hydrogen-bond donors (Lipinski definition) is 1. The minimum Gasteiger partial charge on any atom is -0.348 e. The molecule has 1 aliphatic heterocycles. The van der Waals surface area contributed by atoms with Crippen molar-refractivity contribution >= 4 is 5.91 Å². The van der Waals surface area contributed by atoms with E-state index in [9.17, 15) is 4.79 Å². The molecule has 0 aromatic carbocycles. The van der Waals surface area contributed by atoms with Gasteiger partial charge in [0.05, 0.1) is 12.7 Å². The lowest BCUT2D eigenvalue weighted by Crippen LogP contribution is -2.32. The summed E-state index contributed by atoms with van der Waals surface area (Å²) < 4.78 is 1.80. The minimum atomic E-state index is -0.0806. The zero-order chi connectivity index (χ0) is 13.9. The van der Waals surface area contributed by atoms with E-state index in [1.54, 1.807) is 10.9 Å². The Morgan fingerprint density at radius 2 is 2.15 bits per heavy atom. The van der Waals surface area contributed by atoms with Crippen LogP contribution < -0.4 is 5.32 Å². The van der Waals surface area contributed by atoms with E-state index in [1.807, 2.05) is 0 Å². The Morgan fingerprint density at radius 3 is 2.85 bits per heavy atom. The lowest BCUT2D eigenvalue weighted by molar-refractivity contribution is 0.0932. The van der Waals surface area contributed by atoms with Gasteiger partial charge in [-0.2, -0.15) is 0 Å². The molecular weight excluding hydrogens is 254 g/mol. The molecular formula is C14H23N5O. The Labute approximate surface area is 119 Å². The van der Waals surface area contributed by atoms with Gasteiger partial charge in [0.1, 0.15) is 0 Å². The molecule has 1 saturated carbocycles. The van der Waals surface area contributed by atoms with Crippen molar-refractivity contribution in [3.63, 3.8) is 0 Å². The molecule has 1 amide bonds. The smallest absolute Gasteiger partial charge is 0.273 e. The molecule has 2 aliphatic rings. The molecule has 1 saturated heterocycles. The second-order valence-corrected chi connectivity index (χ2v) is 6.06. The first-order valence-corrected chi connectivity index (χ1v) is 7.63. The van der Waals surface area contributed by atoms with Crippen LogP contribution in [0.4, 0.5) is 0 Å². The highest BCUT2D eigenvalue weighted by Crippen LogP contribution is 2.18. The maximum Gasteiger partial charge on any atom is 0.273 e. The molecule has 0 spiro atoms. The van der Waals surface area contributed by atoms with Crippen LogP contribution in [0.2, 0.25) is 0 Å². The number of rotatable bonds is 4. The van der Waals surface area contributed by atoms with E-state index in [4.69, 9.17) is 0 Å².